The number of para-hydroxylation sites is 1. The molecule has 0 aromatic heterocycles. The first-order valence-corrected chi connectivity index (χ1v) is 14.0. The van der Waals surface area contributed by atoms with Gasteiger partial charge in [-0.25, -0.2) is 8.42 Å². The van der Waals surface area contributed by atoms with Crippen LogP contribution in [0, 0.1) is 0 Å². The van der Waals surface area contributed by atoms with E-state index in [0.717, 1.165) is 11.8 Å². The van der Waals surface area contributed by atoms with Gasteiger partial charge in [-0.2, -0.15) is 0 Å². The zero-order chi connectivity index (χ0) is 24.9. The second-order valence-corrected chi connectivity index (χ2v) is 12.6. The van der Waals surface area contributed by atoms with Crippen molar-refractivity contribution in [3.05, 3.63) is 64.0 Å². The first kappa shape index (κ1) is 24.0. The Labute approximate surface area is 216 Å². The van der Waals surface area contributed by atoms with Crippen LogP contribution in [0.5, 0.6) is 0 Å². The number of benzene rings is 2. The van der Waals surface area contributed by atoms with Crippen molar-refractivity contribution >= 4 is 84.4 Å². The van der Waals surface area contributed by atoms with Crippen LogP contribution in [0.3, 0.4) is 0 Å². The lowest BCUT2D eigenvalue weighted by atomic mass is 10.1. The van der Waals surface area contributed by atoms with Gasteiger partial charge in [0.25, 0.3) is 11.8 Å². The average molecular weight is 548 g/mol. The third kappa shape index (κ3) is 4.49. The standard InChI is InChI=1S/C23H18ClN3O5S3/c24-13-5-7-14(8-6-13)25-18(28)11-26-17-4-2-1-3-16(17)19(21(26)29)20-22(30)27(23(33)34-20)15-9-10-35(31,32)12-15/h1-8,15H,9-12H2,(H,25,28)/b20-19+/t15-/m1/s1. The molecule has 1 N–H and O–H groups in total. The van der Waals surface area contributed by atoms with E-state index in [2.05, 4.69) is 5.32 Å². The number of carbonyl (C=O) groups is 3. The summed E-state index contributed by atoms with van der Waals surface area (Å²) in [6.45, 7) is -0.261. The van der Waals surface area contributed by atoms with Gasteiger partial charge in [-0.3, -0.25) is 24.2 Å². The van der Waals surface area contributed by atoms with Crippen molar-refractivity contribution in [1.82, 2.24) is 4.90 Å². The summed E-state index contributed by atoms with van der Waals surface area (Å²) in [4.78, 5) is 42.4. The summed E-state index contributed by atoms with van der Waals surface area (Å²) in [5.74, 6) is -1.53. The summed E-state index contributed by atoms with van der Waals surface area (Å²) in [5, 5.41) is 3.27. The van der Waals surface area contributed by atoms with Gasteiger partial charge < -0.3 is 5.32 Å². The fraction of sp³-hybridized carbons (Fsp3) is 0.217. The number of carbonyl (C=O) groups excluding carboxylic acids is 3. The molecule has 2 aromatic rings. The maximum atomic E-state index is 13.5. The monoisotopic (exact) mass is 547 g/mol. The van der Waals surface area contributed by atoms with E-state index in [1.54, 1.807) is 48.5 Å². The second kappa shape index (κ2) is 9.05. The van der Waals surface area contributed by atoms with E-state index in [1.165, 1.54) is 9.80 Å². The minimum Gasteiger partial charge on any atom is -0.325 e. The van der Waals surface area contributed by atoms with E-state index >= 15 is 0 Å². The van der Waals surface area contributed by atoms with Gasteiger partial charge in [-0.05, 0) is 36.8 Å². The molecule has 12 heteroatoms. The Bertz CT molecular complexity index is 1420. The molecule has 180 valence electrons. The summed E-state index contributed by atoms with van der Waals surface area (Å²) in [6, 6.07) is 13.0. The third-order valence-electron chi connectivity index (χ3n) is 5.95. The number of halogens is 1. The number of thioether (sulfide) groups is 1. The quantitative estimate of drug-likeness (QED) is 0.463. The largest absolute Gasteiger partial charge is 0.325 e. The number of nitrogens with zero attached hydrogens (tertiary/aromatic N) is 2. The molecule has 3 aliphatic heterocycles. The summed E-state index contributed by atoms with van der Waals surface area (Å²) < 4.78 is 24.1. The molecule has 3 heterocycles. The number of nitrogens with one attached hydrogen (secondary N) is 1. The van der Waals surface area contributed by atoms with Crippen LogP contribution < -0.4 is 10.2 Å². The van der Waals surface area contributed by atoms with Gasteiger partial charge in [0, 0.05) is 16.3 Å². The minimum absolute atomic E-state index is 0.00109. The van der Waals surface area contributed by atoms with Crippen molar-refractivity contribution in [3.8, 4) is 0 Å². The van der Waals surface area contributed by atoms with Crippen molar-refractivity contribution in [1.29, 1.82) is 0 Å². The lowest BCUT2D eigenvalue weighted by Crippen LogP contribution is -2.39. The first-order chi connectivity index (χ1) is 16.6. The Morgan fingerprint density at radius 2 is 1.83 bits per heavy atom. The van der Waals surface area contributed by atoms with Gasteiger partial charge in [0.1, 0.15) is 10.9 Å². The molecule has 3 aliphatic rings. The normalized spacial score (nSPS) is 23.2. The van der Waals surface area contributed by atoms with Crippen LogP contribution in [-0.4, -0.2) is 59.5 Å². The summed E-state index contributed by atoms with van der Waals surface area (Å²) in [6.07, 6.45) is 0.304. The first-order valence-electron chi connectivity index (χ1n) is 10.6. The second-order valence-electron chi connectivity index (χ2n) is 8.27. The van der Waals surface area contributed by atoms with Crippen LogP contribution in [-0.2, 0) is 24.2 Å². The molecule has 0 aliphatic carbocycles. The Morgan fingerprint density at radius 1 is 1.11 bits per heavy atom. The van der Waals surface area contributed by atoms with E-state index < -0.39 is 33.6 Å². The van der Waals surface area contributed by atoms with Crippen LogP contribution >= 0.6 is 35.6 Å². The lowest BCUT2D eigenvalue weighted by Gasteiger charge is -2.21. The van der Waals surface area contributed by atoms with Crippen molar-refractivity contribution in [3.63, 3.8) is 0 Å². The third-order valence-corrected chi connectivity index (χ3v) is 9.36. The smallest absolute Gasteiger partial charge is 0.267 e. The zero-order valence-corrected chi connectivity index (χ0v) is 21.3. The molecule has 2 fully saturated rings. The molecule has 2 saturated heterocycles. The molecule has 1 atom stereocenters. The highest BCUT2D eigenvalue weighted by Gasteiger charge is 2.46. The number of hydrogen-bond donors (Lipinski definition) is 1. The summed E-state index contributed by atoms with van der Waals surface area (Å²) in [5.41, 5.74) is 1.73. The van der Waals surface area contributed by atoms with Crippen LogP contribution in [0.2, 0.25) is 5.02 Å². The van der Waals surface area contributed by atoms with Crippen molar-refractivity contribution in [2.24, 2.45) is 0 Å². The van der Waals surface area contributed by atoms with Crippen LogP contribution in [0.25, 0.3) is 5.57 Å². The number of rotatable bonds is 4. The van der Waals surface area contributed by atoms with Gasteiger partial charge in [-0.15, -0.1) is 0 Å². The molecule has 0 bridgehead atoms. The van der Waals surface area contributed by atoms with Crippen molar-refractivity contribution in [2.45, 2.75) is 12.5 Å². The number of amides is 3. The lowest BCUT2D eigenvalue weighted by molar-refractivity contribution is -0.123. The molecule has 5 rings (SSSR count). The number of sulfone groups is 1. The Kier molecular flexibility index (Phi) is 6.20. The molecule has 8 nitrogen and oxygen atoms in total. The van der Waals surface area contributed by atoms with E-state index in [1.807, 2.05) is 0 Å². The van der Waals surface area contributed by atoms with Gasteiger partial charge in [0.15, 0.2) is 9.84 Å². The van der Waals surface area contributed by atoms with Crippen LogP contribution in [0.15, 0.2) is 53.4 Å². The van der Waals surface area contributed by atoms with E-state index in [0.29, 0.717) is 28.4 Å². The van der Waals surface area contributed by atoms with Gasteiger partial charge in [-0.1, -0.05) is 53.8 Å². The molecule has 0 spiro atoms. The number of fused-ring (bicyclic) bond motifs is 1. The zero-order valence-electron chi connectivity index (χ0n) is 18.1. The van der Waals surface area contributed by atoms with Crippen molar-refractivity contribution in [2.75, 3.05) is 28.3 Å². The van der Waals surface area contributed by atoms with Gasteiger partial charge in [0.05, 0.1) is 33.7 Å². The van der Waals surface area contributed by atoms with Crippen molar-refractivity contribution < 1.29 is 22.8 Å². The SMILES string of the molecule is O=C(CN1C(=O)/C(=C2/SC(=S)N([C@@H]3CCS(=O)(=O)C3)C2=O)c2ccccc21)Nc1ccc(Cl)cc1. The highest BCUT2D eigenvalue weighted by atomic mass is 35.5. The maximum absolute atomic E-state index is 13.5. The van der Waals surface area contributed by atoms with Gasteiger partial charge >= 0.3 is 0 Å². The highest BCUT2D eigenvalue weighted by molar-refractivity contribution is 8.26. The summed E-state index contributed by atoms with van der Waals surface area (Å²) in [7, 11) is -3.23. The van der Waals surface area contributed by atoms with E-state index in [-0.39, 0.29) is 32.8 Å². The fourth-order valence-electron chi connectivity index (χ4n) is 4.36. The molecule has 2 aromatic carbocycles. The van der Waals surface area contributed by atoms with E-state index in [4.69, 9.17) is 23.8 Å². The predicted octanol–water partition coefficient (Wildman–Crippen LogP) is 3.08. The van der Waals surface area contributed by atoms with Crippen LogP contribution in [0.1, 0.15) is 12.0 Å². The molecule has 0 unspecified atom stereocenters. The molecule has 3 amide bonds. The molecular formula is C23H18ClN3O5S3. The fourth-order valence-corrected chi connectivity index (χ4v) is 7.66. The van der Waals surface area contributed by atoms with Gasteiger partial charge in [0.2, 0.25) is 5.91 Å². The highest BCUT2D eigenvalue weighted by Crippen LogP contribution is 2.45. The average Bonchev–Trinajstić information content (AvgIpc) is 3.40. The molecule has 0 saturated carbocycles. The van der Waals surface area contributed by atoms with Crippen LogP contribution in [0.4, 0.5) is 11.4 Å². The maximum Gasteiger partial charge on any atom is 0.267 e. The topological polar surface area (TPSA) is 104 Å². The Balaban J connectivity index is 1.44. The summed E-state index contributed by atoms with van der Waals surface area (Å²) >= 11 is 12.3. The molecule has 0 radical (unpaired) electrons. The Morgan fingerprint density at radius 3 is 2.51 bits per heavy atom. The molecular weight excluding hydrogens is 530 g/mol. The molecule has 35 heavy (non-hydrogen) atoms. The predicted molar refractivity (Wildman–Crippen MR) is 140 cm³/mol. The minimum atomic E-state index is -3.23. The number of anilines is 2. The Hall–Kier alpha value is -2.73. The number of thiocarbonyl (C=S) groups is 1. The van der Waals surface area contributed by atoms with E-state index in [9.17, 15) is 22.8 Å². The number of hydrogen-bond acceptors (Lipinski definition) is 7.